The topological polar surface area (TPSA) is 58.9 Å². The minimum atomic E-state index is -1.08. The lowest BCUT2D eigenvalue weighted by atomic mass is 10.1. The van der Waals surface area contributed by atoms with Crippen LogP contribution < -0.4 is 4.74 Å². The molecule has 0 aliphatic carbocycles. The number of hydrogen-bond donors (Lipinski definition) is 0. The molecule has 0 radical (unpaired) electrons. The number of carbonyl (C=O) groups excluding carboxylic acids is 1. The van der Waals surface area contributed by atoms with Gasteiger partial charge in [0.05, 0.1) is 25.4 Å². The molecular weight excluding hydrogens is 310 g/mol. The van der Waals surface area contributed by atoms with Crippen LogP contribution in [0.5, 0.6) is 5.75 Å². The van der Waals surface area contributed by atoms with Gasteiger partial charge in [-0.25, -0.2) is 4.79 Å². The van der Waals surface area contributed by atoms with Gasteiger partial charge in [-0.2, -0.15) is 0 Å². The first-order valence-corrected chi connectivity index (χ1v) is 8.33. The van der Waals surface area contributed by atoms with Crippen molar-refractivity contribution < 1.29 is 23.7 Å². The Balaban J connectivity index is 1.99. The molecule has 1 fully saturated rings. The third-order valence-corrected chi connectivity index (χ3v) is 3.93. The van der Waals surface area contributed by atoms with Crippen LogP contribution in [0.25, 0.3) is 10.9 Å². The van der Waals surface area contributed by atoms with Gasteiger partial charge in [0, 0.05) is 30.6 Å². The van der Waals surface area contributed by atoms with Crippen LogP contribution in [0.3, 0.4) is 0 Å². The van der Waals surface area contributed by atoms with Gasteiger partial charge in [0.1, 0.15) is 5.75 Å². The van der Waals surface area contributed by atoms with Gasteiger partial charge in [-0.05, 0) is 31.5 Å². The van der Waals surface area contributed by atoms with E-state index in [2.05, 4.69) is 11.5 Å². The molecule has 0 spiro atoms. The number of rotatable bonds is 6. The largest absolute Gasteiger partial charge is 0.462 e. The number of carbonyl (C=O) groups is 1. The number of hydrogen-bond acceptors (Lipinski definition) is 5. The Hall–Kier alpha value is -2.05. The van der Waals surface area contributed by atoms with Crippen molar-refractivity contribution >= 4 is 16.9 Å². The van der Waals surface area contributed by atoms with Crippen molar-refractivity contribution in [1.29, 1.82) is 0 Å². The van der Waals surface area contributed by atoms with E-state index in [1.807, 2.05) is 24.4 Å². The highest BCUT2D eigenvalue weighted by molar-refractivity contribution is 6.04. The van der Waals surface area contributed by atoms with Crippen LogP contribution in [0.2, 0.25) is 0 Å². The zero-order valence-electron chi connectivity index (χ0n) is 14.3. The smallest absolute Gasteiger partial charge is 0.340 e. The molecule has 2 aromatic rings. The number of ether oxygens (including phenoxy) is 4. The Labute approximate surface area is 141 Å². The normalized spacial score (nSPS) is 16.5. The Kier molecular flexibility index (Phi) is 4.78. The van der Waals surface area contributed by atoms with Crippen LogP contribution in [0.1, 0.15) is 37.6 Å². The van der Waals surface area contributed by atoms with E-state index in [4.69, 9.17) is 18.9 Å². The zero-order valence-corrected chi connectivity index (χ0v) is 14.3. The third kappa shape index (κ3) is 3.25. The molecule has 6 heteroatoms. The lowest BCUT2D eigenvalue weighted by Crippen LogP contribution is -2.33. The summed E-state index contributed by atoms with van der Waals surface area (Å²) in [5.74, 6) is -0.815. The Morgan fingerprint density at radius 3 is 2.71 bits per heavy atom. The van der Waals surface area contributed by atoms with Gasteiger partial charge in [0.25, 0.3) is 0 Å². The molecule has 1 aromatic carbocycles. The number of nitrogens with zero attached hydrogens (tertiary/aromatic N) is 1. The first-order valence-electron chi connectivity index (χ1n) is 8.33. The van der Waals surface area contributed by atoms with E-state index >= 15 is 0 Å². The van der Waals surface area contributed by atoms with Crippen LogP contribution in [0.4, 0.5) is 0 Å². The third-order valence-electron chi connectivity index (χ3n) is 3.93. The van der Waals surface area contributed by atoms with Crippen molar-refractivity contribution in [2.75, 3.05) is 19.8 Å². The predicted octanol–water partition coefficient (Wildman–Crippen LogP) is 3.33. The second-order valence-electron chi connectivity index (χ2n) is 5.80. The highest BCUT2D eigenvalue weighted by Gasteiger charge is 2.33. The van der Waals surface area contributed by atoms with Crippen molar-refractivity contribution in [3.63, 3.8) is 0 Å². The van der Waals surface area contributed by atoms with E-state index in [0.717, 1.165) is 23.9 Å². The Morgan fingerprint density at radius 1 is 1.29 bits per heavy atom. The van der Waals surface area contributed by atoms with Gasteiger partial charge in [-0.1, -0.05) is 6.92 Å². The standard InChI is InChI=1S/C18H23NO5/c1-4-8-19-12-15(17(20)21-5-2)14-11-13(6-7-16(14)19)24-18(3)22-9-10-23-18/h6-7,11-12H,4-5,8-10H2,1-3H3. The van der Waals surface area contributed by atoms with Crippen LogP contribution in [0, 0.1) is 0 Å². The number of benzene rings is 1. The molecule has 1 aromatic heterocycles. The van der Waals surface area contributed by atoms with E-state index in [9.17, 15) is 4.79 Å². The lowest BCUT2D eigenvalue weighted by Gasteiger charge is -2.23. The quantitative estimate of drug-likeness (QED) is 0.759. The molecule has 130 valence electrons. The average Bonchev–Trinajstić information content (AvgIpc) is 3.12. The SMILES string of the molecule is CCCn1cc(C(=O)OCC)c2cc(OC3(C)OCCO3)ccc21. The molecule has 0 bridgehead atoms. The average molecular weight is 333 g/mol. The minimum absolute atomic E-state index is 0.325. The maximum atomic E-state index is 12.3. The molecule has 1 aliphatic heterocycles. The summed E-state index contributed by atoms with van der Waals surface area (Å²) in [6.45, 7) is 7.81. The summed E-state index contributed by atoms with van der Waals surface area (Å²) in [4.78, 5) is 12.3. The van der Waals surface area contributed by atoms with E-state index in [1.54, 1.807) is 13.8 Å². The van der Waals surface area contributed by atoms with Gasteiger partial charge in [0.15, 0.2) is 0 Å². The predicted molar refractivity (Wildman–Crippen MR) is 89.1 cm³/mol. The summed E-state index contributed by atoms with van der Waals surface area (Å²) in [7, 11) is 0. The second kappa shape index (κ2) is 6.83. The van der Waals surface area contributed by atoms with Crippen LogP contribution in [0.15, 0.2) is 24.4 Å². The van der Waals surface area contributed by atoms with Crippen molar-refractivity contribution in [3.8, 4) is 5.75 Å². The molecule has 24 heavy (non-hydrogen) atoms. The first-order chi connectivity index (χ1) is 11.6. The molecule has 3 rings (SSSR count). The van der Waals surface area contributed by atoms with Gasteiger partial charge in [-0.15, -0.1) is 0 Å². The molecule has 0 amide bonds. The molecule has 0 unspecified atom stereocenters. The number of fused-ring (bicyclic) bond motifs is 1. The molecule has 0 saturated carbocycles. The lowest BCUT2D eigenvalue weighted by molar-refractivity contribution is -0.272. The van der Waals surface area contributed by atoms with E-state index in [0.29, 0.717) is 31.1 Å². The van der Waals surface area contributed by atoms with Crippen LogP contribution in [-0.2, 0) is 20.8 Å². The number of aryl methyl sites for hydroxylation is 1. The van der Waals surface area contributed by atoms with Crippen LogP contribution >= 0.6 is 0 Å². The van der Waals surface area contributed by atoms with E-state index in [-0.39, 0.29) is 5.97 Å². The number of esters is 1. The number of aromatic nitrogens is 1. The summed E-state index contributed by atoms with van der Waals surface area (Å²) < 4.78 is 24.0. The molecule has 6 nitrogen and oxygen atoms in total. The fourth-order valence-electron chi connectivity index (χ4n) is 2.91. The molecule has 1 aliphatic rings. The second-order valence-corrected chi connectivity index (χ2v) is 5.80. The summed E-state index contributed by atoms with van der Waals surface area (Å²) in [5, 5.41) is 0.806. The maximum Gasteiger partial charge on any atom is 0.340 e. The molecule has 0 N–H and O–H groups in total. The molecule has 2 heterocycles. The van der Waals surface area contributed by atoms with Crippen molar-refractivity contribution in [2.24, 2.45) is 0 Å². The summed E-state index contributed by atoms with van der Waals surface area (Å²) >= 11 is 0. The van der Waals surface area contributed by atoms with Crippen LogP contribution in [-0.4, -0.2) is 36.3 Å². The van der Waals surface area contributed by atoms with Crippen molar-refractivity contribution in [3.05, 3.63) is 30.0 Å². The fraction of sp³-hybridized carbons (Fsp3) is 0.500. The van der Waals surface area contributed by atoms with Gasteiger partial charge in [-0.3, -0.25) is 0 Å². The highest BCUT2D eigenvalue weighted by atomic mass is 16.9. The Morgan fingerprint density at radius 2 is 2.04 bits per heavy atom. The van der Waals surface area contributed by atoms with Gasteiger partial charge in [0.2, 0.25) is 0 Å². The van der Waals surface area contributed by atoms with Crippen molar-refractivity contribution in [1.82, 2.24) is 4.57 Å². The molecule has 0 atom stereocenters. The van der Waals surface area contributed by atoms with Gasteiger partial charge >= 0.3 is 11.9 Å². The molecular formula is C18H23NO5. The van der Waals surface area contributed by atoms with E-state index < -0.39 is 5.97 Å². The zero-order chi connectivity index (χ0) is 17.2. The Bertz CT molecular complexity index is 730. The van der Waals surface area contributed by atoms with Gasteiger partial charge < -0.3 is 23.5 Å². The maximum absolute atomic E-state index is 12.3. The molecule has 1 saturated heterocycles. The minimum Gasteiger partial charge on any atom is -0.462 e. The van der Waals surface area contributed by atoms with Crippen molar-refractivity contribution in [2.45, 2.75) is 39.7 Å². The summed E-state index contributed by atoms with van der Waals surface area (Å²) in [6, 6.07) is 5.64. The fourth-order valence-corrected chi connectivity index (χ4v) is 2.91. The highest BCUT2D eigenvalue weighted by Crippen LogP contribution is 2.30. The first kappa shape index (κ1) is 16.8. The monoisotopic (exact) mass is 333 g/mol. The van der Waals surface area contributed by atoms with E-state index in [1.165, 1.54) is 0 Å². The summed E-state index contributed by atoms with van der Waals surface area (Å²) in [6.07, 6.45) is 2.82. The summed E-state index contributed by atoms with van der Waals surface area (Å²) in [5.41, 5.74) is 1.52.